The Morgan fingerprint density at radius 1 is 1.60 bits per heavy atom. The molecule has 0 spiro atoms. The van der Waals surface area contributed by atoms with Crippen molar-refractivity contribution in [2.75, 3.05) is 6.54 Å². The Bertz CT molecular complexity index is 364. The van der Waals surface area contributed by atoms with Gasteiger partial charge in [0.25, 0.3) is 5.91 Å². The van der Waals surface area contributed by atoms with Gasteiger partial charge < -0.3 is 16.2 Å². The van der Waals surface area contributed by atoms with E-state index in [1.807, 2.05) is 6.92 Å². The third-order valence-electron chi connectivity index (χ3n) is 2.21. The van der Waals surface area contributed by atoms with Crippen molar-refractivity contribution in [2.45, 2.75) is 19.9 Å². The lowest BCUT2D eigenvalue weighted by molar-refractivity contribution is 0.0938. The molecule has 0 fully saturated rings. The third kappa shape index (κ3) is 2.70. The normalized spacial score (nSPS) is 12.2. The van der Waals surface area contributed by atoms with Gasteiger partial charge in [0.2, 0.25) is 0 Å². The van der Waals surface area contributed by atoms with Gasteiger partial charge in [0.05, 0.1) is 5.56 Å². The Kier molecular flexibility index (Phi) is 3.68. The summed E-state index contributed by atoms with van der Waals surface area (Å²) in [5, 5.41) is 12.4. The molecule has 0 radical (unpaired) electrons. The molecule has 0 aliphatic heterocycles. The number of nitrogens with two attached hydrogens (primary N) is 1. The molecule has 82 valence electrons. The number of phenolic OH excluding ortho intramolecular Hbond substituents is 1. The van der Waals surface area contributed by atoms with E-state index < -0.39 is 0 Å². The second-order valence-electron chi connectivity index (χ2n) is 3.58. The zero-order valence-electron chi connectivity index (χ0n) is 8.95. The van der Waals surface area contributed by atoms with Crippen LogP contribution in [0.2, 0.25) is 0 Å². The zero-order valence-corrected chi connectivity index (χ0v) is 8.95. The van der Waals surface area contributed by atoms with Crippen LogP contribution in [-0.2, 0) is 0 Å². The molecule has 1 aromatic rings. The minimum absolute atomic E-state index is 0.0271. The number of carbonyl (C=O) groups excluding carboxylic acids is 1. The van der Waals surface area contributed by atoms with Crippen LogP contribution in [0.5, 0.6) is 5.75 Å². The number of aromatic hydroxyl groups is 1. The molecule has 0 aliphatic rings. The van der Waals surface area contributed by atoms with Crippen LogP contribution in [0, 0.1) is 6.92 Å². The van der Waals surface area contributed by atoms with Gasteiger partial charge >= 0.3 is 0 Å². The Labute approximate surface area is 89.1 Å². The van der Waals surface area contributed by atoms with Gasteiger partial charge in [-0.05, 0) is 25.5 Å². The topological polar surface area (TPSA) is 75.4 Å². The molecular formula is C11H16N2O2. The largest absolute Gasteiger partial charge is 0.507 e. The molecule has 0 bridgehead atoms. The van der Waals surface area contributed by atoms with Crippen LogP contribution in [0.15, 0.2) is 18.2 Å². The maximum atomic E-state index is 11.7. The zero-order chi connectivity index (χ0) is 11.4. The summed E-state index contributed by atoms with van der Waals surface area (Å²) in [6.07, 6.45) is 0. The Hall–Kier alpha value is -1.55. The van der Waals surface area contributed by atoms with Gasteiger partial charge in [0.15, 0.2) is 0 Å². The second kappa shape index (κ2) is 4.79. The van der Waals surface area contributed by atoms with Crippen molar-refractivity contribution in [2.24, 2.45) is 5.73 Å². The van der Waals surface area contributed by atoms with E-state index in [0.29, 0.717) is 12.1 Å². The van der Waals surface area contributed by atoms with E-state index in [1.165, 1.54) is 0 Å². The van der Waals surface area contributed by atoms with Crippen LogP contribution < -0.4 is 11.1 Å². The van der Waals surface area contributed by atoms with Gasteiger partial charge in [0, 0.05) is 12.6 Å². The van der Waals surface area contributed by atoms with Gasteiger partial charge in [-0.1, -0.05) is 12.1 Å². The quantitative estimate of drug-likeness (QED) is 0.687. The first-order valence-corrected chi connectivity index (χ1v) is 4.85. The van der Waals surface area contributed by atoms with Crippen LogP contribution in [-0.4, -0.2) is 23.6 Å². The van der Waals surface area contributed by atoms with Crippen molar-refractivity contribution in [1.29, 1.82) is 0 Å². The molecule has 1 amide bonds. The number of benzene rings is 1. The predicted molar refractivity (Wildman–Crippen MR) is 58.8 cm³/mol. The maximum absolute atomic E-state index is 11.7. The predicted octanol–water partition coefficient (Wildman–Crippen LogP) is 0.778. The van der Waals surface area contributed by atoms with E-state index in [2.05, 4.69) is 5.32 Å². The number of amides is 1. The summed E-state index contributed by atoms with van der Waals surface area (Å²) >= 11 is 0. The highest BCUT2D eigenvalue weighted by Gasteiger charge is 2.13. The highest BCUT2D eigenvalue weighted by atomic mass is 16.3. The molecule has 15 heavy (non-hydrogen) atoms. The number of nitrogens with one attached hydrogen (secondary N) is 1. The average molecular weight is 208 g/mol. The van der Waals surface area contributed by atoms with E-state index in [4.69, 9.17) is 5.73 Å². The molecule has 1 atom stereocenters. The van der Waals surface area contributed by atoms with Crippen LogP contribution in [0.4, 0.5) is 0 Å². The van der Waals surface area contributed by atoms with E-state index in [1.54, 1.807) is 25.1 Å². The first-order chi connectivity index (χ1) is 7.06. The summed E-state index contributed by atoms with van der Waals surface area (Å²) in [5.74, 6) is -0.270. The first-order valence-electron chi connectivity index (χ1n) is 4.85. The van der Waals surface area contributed by atoms with Crippen molar-refractivity contribution in [3.8, 4) is 5.75 Å². The van der Waals surface area contributed by atoms with Gasteiger partial charge in [0.1, 0.15) is 5.75 Å². The van der Waals surface area contributed by atoms with Crippen molar-refractivity contribution in [3.05, 3.63) is 29.3 Å². The molecule has 0 aromatic heterocycles. The number of para-hydroxylation sites is 1. The van der Waals surface area contributed by atoms with Crippen LogP contribution in [0.25, 0.3) is 0 Å². The van der Waals surface area contributed by atoms with Gasteiger partial charge in [-0.15, -0.1) is 0 Å². The number of hydrogen-bond donors (Lipinski definition) is 3. The summed E-state index contributed by atoms with van der Waals surface area (Å²) in [4.78, 5) is 11.7. The molecule has 4 heteroatoms. The molecule has 0 aliphatic carbocycles. The van der Waals surface area contributed by atoms with Gasteiger partial charge in [-0.2, -0.15) is 0 Å². The number of rotatable bonds is 3. The smallest absolute Gasteiger partial charge is 0.255 e. The molecule has 0 saturated carbocycles. The van der Waals surface area contributed by atoms with Crippen LogP contribution >= 0.6 is 0 Å². The Morgan fingerprint density at radius 3 is 2.87 bits per heavy atom. The fourth-order valence-electron chi connectivity index (χ4n) is 1.20. The monoisotopic (exact) mass is 208 g/mol. The average Bonchev–Trinajstić information content (AvgIpc) is 2.21. The second-order valence-corrected chi connectivity index (χ2v) is 3.58. The van der Waals surface area contributed by atoms with Crippen molar-refractivity contribution < 1.29 is 9.90 Å². The third-order valence-corrected chi connectivity index (χ3v) is 2.21. The van der Waals surface area contributed by atoms with E-state index in [-0.39, 0.29) is 23.3 Å². The van der Waals surface area contributed by atoms with E-state index in [9.17, 15) is 9.90 Å². The molecule has 4 N–H and O–H groups in total. The summed E-state index contributed by atoms with van der Waals surface area (Å²) in [6, 6.07) is 4.97. The van der Waals surface area contributed by atoms with Crippen molar-refractivity contribution in [3.63, 3.8) is 0 Å². The fourth-order valence-corrected chi connectivity index (χ4v) is 1.20. The number of aryl methyl sites for hydroxylation is 1. The fraction of sp³-hybridized carbons (Fsp3) is 0.364. The molecule has 1 unspecified atom stereocenters. The van der Waals surface area contributed by atoms with Crippen molar-refractivity contribution in [1.82, 2.24) is 5.32 Å². The minimum atomic E-state index is -0.297. The molecule has 1 aromatic carbocycles. The molecule has 1 rings (SSSR count). The SMILES string of the molecule is Cc1cccc(C(=O)NC(C)CN)c1O. The van der Waals surface area contributed by atoms with E-state index in [0.717, 1.165) is 0 Å². The Balaban J connectivity index is 2.87. The lowest BCUT2D eigenvalue weighted by atomic mass is 10.1. The minimum Gasteiger partial charge on any atom is -0.507 e. The van der Waals surface area contributed by atoms with E-state index >= 15 is 0 Å². The summed E-state index contributed by atoms with van der Waals surface area (Å²) in [7, 11) is 0. The van der Waals surface area contributed by atoms with Crippen LogP contribution in [0.1, 0.15) is 22.8 Å². The van der Waals surface area contributed by atoms with Gasteiger partial charge in [-0.3, -0.25) is 4.79 Å². The molecule has 0 heterocycles. The van der Waals surface area contributed by atoms with Crippen LogP contribution in [0.3, 0.4) is 0 Å². The maximum Gasteiger partial charge on any atom is 0.255 e. The summed E-state index contributed by atoms with van der Waals surface area (Å²) < 4.78 is 0. The van der Waals surface area contributed by atoms with Crippen molar-refractivity contribution >= 4 is 5.91 Å². The standard InChI is InChI=1S/C11H16N2O2/c1-7-4-3-5-9(10(7)14)11(15)13-8(2)6-12/h3-5,8,14H,6,12H2,1-2H3,(H,13,15). The molecule has 0 saturated heterocycles. The highest BCUT2D eigenvalue weighted by molar-refractivity contribution is 5.97. The van der Waals surface area contributed by atoms with Gasteiger partial charge in [-0.25, -0.2) is 0 Å². The number of hydrogen-bond acceptors (Lipinski definition) is 3. The first kappa shape index (κ1) is 11.5. The lowest BCUT2D eigenvalue weighted by Crippen LogP contribution is -2.37. The summed E-state index contributed by atoms with van der Waals surface area (Å²) in [5.41, 5.74) is 6.36. The summed E-state index contributed by atoms with van der Waals surface area (Å²) in [6.45, 7) is 3.93. The Morgan fingerprint density at radius 2 is 2.27 bits per heavy atom. The number of phenols is 1. The lowest BCUT2D eigenvalue weighted by Gasteiger charge is -2.12. The number of carbonyl (C=O) groups is 1. The highest BCUT2D eigenvalue weighted by Crippen LogP contribution is 2.21. The molecule has 4 nitrogen and oxygen atoms in total. The molecular weight excluding hydrogens is 192 g/mol.